The van der Waals surface area contributed by atoms with Crippen LogP contribution in [0, 0.1) is 11.6 Å². The summed E-state index contributed by atoms with van der Waals surface area (Å²) < 4.78 is 32.7. The first kappa shape index (κ1) is 14.0. The zero-order chi connectivity index (χ0) is 14.0. The highest BCUT2D eigenvalue weighted by Crippen LogP contribution is 2.32. The van der Waals surface area contributed by atoms with Gasteiger partial charge in [-0.2, -0.15) is 0 Å². The number of ether oxygens (including phenoxy) is 1. The summed E-state index contributed by atoms with van der Waals surface area (Å²) in [6.45, 7) is 1.67. The monoisotopic (exact) mass is 327 g/mol. The second-order valence-electron chi connectivity index (χ2n) is 4.12. The van der Waals surface area contributed by atoms with Crippen molar-refractivity contribution in [1.29, 1.82) is 0 Å². The summed E-state index contributed by atoms with van der Waals surface area (Å²) in [5.74, 6) is -0.0815. The molecule has 0 aromatic heterocycles. The molecule has 0 fully saturated rings. The van der Waals surface area contributed by atoms with E-state index in [1.807, 2.05) is 0 Å². The Bertz CT molecular complexity index is 602. The van der Waals surface area contributed by atoms with E-state index in [0.29, 0.717) is 17.1 Å². The molecular weight excluding hydrogens is 316 g/mol. The SMILES string of the molecule is CC(N)c1c(F)cccc1Oc1ccc(F)c(Br)c1. The molecule has 0 aliphatic rings. The van der Waals surface area contributed by atoms with E-state index in [-0.39, 0.29) is 10.3 Å². The van der Waals surface area contributed by atoms with Gasteiger partial charge in [-0.1, -0.05) is 6.07 Å². The predicted molar refractivity (Wildman–Crippen MR) is 73.2 cm³/mol. The fraction of sp³-hybridized carbons (Fsp3) is 0.143. The molecule has 2 aromatic rings. The van der Waals surface area contributed by atoms with Crippen LogP contribution in [0.4, 0.5) is 8.78 Å². The summed E-state index contributed by atoms with van der Waals surface area (Å²) in [4.78, 5) is 0. The van der Waals surface area contributed by atoms with Gasteiger partial charge >= 0.3 is 0 Å². The Hall–Kier alpha value is -1.46. The topological polar surface area (TPSA) is 35.2 Å². The molecule has 0 bridgehead atoms. The van der Waals surface area contributed by atoms with Gasteiger partial charge in [0.15, 0.2) is 0 Å². The van der Waals surface area contributed by atoms with E-state index >= 15 is 0 Å². The second kappa shape index (κ2) is 5.67. The van der Waals surface area contributed by atoms with Crippen molar-refractivity contribution in [2.45, 2.75) is 13.0 Å². The Kier molecular flexibility index (Phi) is 4.17. The molecule has 5 heteroatoms. The number of hydrogen-bond donors (Lipinski definition) is 1. The van der Waals surface area contributed by atoms with Crippen molar-refractivity contribution in [2.24, 2.45) is 5.73 Å². The van der Waals surface area contributed by atoms with Crippen LogP contribution in [0.5, 0.6) is 11.5 Å². The van der Waals surface area contributed by atoms with Crippen LogP contribution < -0.4 is 10.5 Å². The van der Waals surface area contributed by atoms with Gasteiger partial charge in [0.05, 0.1) is 4.47 Å². The summed E-state index contributed by atoms with van der Waals surface area (Å²) in [5.41, 5.74) is 6.03. The molecular formula is C14H12BrF2NO. The quantitative estimate of drug-likeness (QED) is 0.898. The molecule has 19 heavy (non-hydrogen) atoms. The number of hydrogen-bond acceptors (Lipinski definition) is 2. The van der Waals surface area contributed by atoms with Gasteiger partial charge in [-0.15, -0.1) is 0 Å². The molecule has 2 nitrogen and oxygen atoms in total. The Morgan fingerprint density at radius 1 is 1.16 bits per heavy atom. The molecule has 2 N–H and O–H groups in total. The van der Waals surface area contributed by atoms with Crippen LogP contribution in [-0.2, 0) is 0 Å². The van der Waals surface area contributed by atoms with Gasteiger partial charge in [0.25, 0.3) is 0 Å². The Morgan fingerprint density at radius 2 is 1.89 bits per heavy atom. The summed E-state index contributed by atoms with van der Waals surface area (Å²) >= 11 is 3.07. The lowest BCUT2D eigenvalue weighted by Gasteiger charge is -2.14. The highest BCUT2D eigenvalue weighted by molar-refractivity contribution is 9.10. The maximum Gasteiger partial charge on any atom is 0.137 e. The van der Waals surface area contributed by atoms with Crippen molar-refractivity contribution >= 4 is 15.9 Å². The Morgan fingerprint density at radius 3 is 2.53 bits per heavy atom. The first-order chi connectivity index (χ1) is 8.99. The molecule has 1 unspecified atom stereocenters. The lowest BCUT2D eigenvalue weighted by atomic mass is 10.1. The van der Waals surface area contributed by atoms with Crippen LogP contribution in [0.15, 0.2) is 40.9 Å². The Balaban J connectivity index is 2.38. The zero-order valence-electron chi connectivity index (χ0n) is 10.2. The summed E-state index contributed by atoms with van der Waals surface area (Å²) in [5, 5.41) is 0. The van der Waals surface area contributed by atoms with Crippen molar-refractivity contribution in [2.75, 3.05) is 0 Å². The van der Waals surface area contributed by atoms with Gasteiger partial charge < -0.3 is 10.5 Å². The zero-order valence-corrected chi connectivity index (χ0v) is 11.7. The van der Waals surface area contributed by atoms with E-state index in [9.17, 15) is 8.78 Å². The van der Waals surface area contributed by atoms with Crippen LogP contribution in [0.2, 0.25) is 0 Å². The normalized spacial score (nSPS) is 12.3. The summed E-state index contributed by atoms with van der Waals surface area (Å²) in [6.07, 6.45) is 0. The molecule has 0 spiro atoms. The van der Waals surface area contributed by atoms with Crippen LogP contribution >= 0.6 is 15.9 Å². The highest BCUT2D eigenvalue weighted by atomic mass is 79.9. The van der Waals surface area contributed by atoms with Crippen molar-refractivity contribution in [3.63, 3.8) is 0 Å². The van der Waals surface area contributed by atoms with E-state index in [1.54, 1.807) is 13.0 Å². The number of rotatable bonds is 3. The van der Waals surface area contributed by atoms with Crippen molar-refractivity contribution < 1.29 is 13.5 Å². The molecule has 2 aromatic carbocycles. The maximum absolute atomic E-state index is 13.7. The molecule has 2 rings (SSSR count). The van der Waals surface area contributed by atoms with E-state index in [1.165, 1.54) is 30.3 Å². The first-order valence-electron chi connectivity index (χ1n) is 5.66. The van der Waals surface area contributed by atoms with Gasteiger partial charge in [-0.25, -0.2) is 8.78 Å². The van der Waals surface area contributed by atoms with Crippen molar-refractivity contribution in [1.82, 2.24) is 0 Å². The smallest absolute Gasteiger partial charge is 0.137 e. The molecule has 0 heterocycles. The molecule has 1 atom stereocenters. The second-order valence-corrected chi connectivity index (χ2v) is 4.97. The average molecular weight is 328 g/mol. The van der Waals surface area contributed by atoms with Crippen molar-refractivity contribution in [3.8, 4) is 11.5 Å². The van der Waals surface area contributed by atoms with Gasteiger partial charge in [0.2, 0.25) is 0 Å². The third-order valence-corrected chi connectivity index (χ3v) is 3.19. The standard InChI is InChI=1S/C14H12BrF2NO/c1-8(18)14-12(17)3-2-4-13(14)19-9-5-6-11(16)10(15)7-9/h2-8H,18H2,1H3. The minimum Gasteiger partial charge on any atom is -0.457 e. The summed E-state index contributed by atoms with van der Waals surface area (Å²) in [6, 6.07) is 8.20. The maximum atomic E-state index is 13.7. The predicted octanol–water partition coefficient (Wildman–Crippen LogP) is 4.54. The average Bonchev–Trinajstić information content (AvgIpc) is 2.33. The lowest BCUT2D eigenvalue weighted by molar-refractivity contribution is 0.459. The van der Waals surface area contributed by atoms with E-state index in [0.717, 1.165) is 0 Å². The largest absolute Gasteiger partial charge is 0.457 e. The molecule has 0 saturated carbocycles. The minimum absolute atomic E-state index is 0.281. The number of nitrogens with two attached hydrogens (primary N) is 1. The molecule has 0 radical (unpaired) electrons. The van der Waals surface area contributed by atoms with Crippen molar-refractivity contribution in [3.05, 3.63) is 58.1 Å². The van der Waals surface area contributed by atoms with Gasteiger partial charge in [0, 0.05) is 11.6 Å². The lowest BCUT2D eigenvalue weighted by Crippen LogP contribution is -2.09. The number of halogens is 3. The first-order valence-corrected chi connectivity index (χ1v) is 6.45. The van der Waals surface area contributed by atoms with E-state index < -0.39 is 11.9 Å². The van der Waals surface area contributed by atoms with Crippen LogP contribution in [0.3, 0.4) is 0 Å². The highest BCUT2D eigenvalue weighted by Gasteiger charge is 2.14. The van der Waals surface area contributed by atoms with Crippen LogP contribution in [0.1, 0.15) is 18.5 Å². The third kappa shape index (κ3) is 3.11. The van der Waals surface area contributed by atoms with Gasteiger partial charge in [0.1, 0.15) is 23.1 Å². The van der Waals surface area contributed by atoms with Gasteiger partial charge in [-0.05, 0) is 53.2 Å². The molecule has 0 saturated heterocycles. The fourth-order valence-electron chi connectivity index (χ4n) is 1.72. The number of benzene rings is 2. The molecule has 0 amide bonds. The van der Waals surface area contributed by atoms with Crippen LogP contribution in [0.25, 0.3) is 0 Å². The minimum atomic E-state index is -0.500. The third-order valence-electron chi connectivity index (χ3n) is 2.59. The van der Waals surface area contributed by atoms with Crippen LogP contribution in [-0.4, -0.2) is 0 Å². The van der Waals surface area contributed by atoms with Gasteiger partial charge in [-0.3, -0.25) is 0 Å². The summed E-state index contributed by atoms with van der Waals surface area (Å²) in [7, 11) is 0. The van der Waals surface area contributed by atoms with E-state index in [2.05, 4.69) is 15.9 Å². The molecule has 0 aliphatic carbocycles. The fourth-order valence-corrected chi connectivity index (χ4v) is 2.07. The Labute approximate surface area is 118 Å². The molecule has 0 aliphatic heterocycles. The van der Waals surface area contributed by atoms with E-state index in [4.69, 9.17) is 10.5 Å². The molecule has 100 valence electrons.